The molecule has 2 aromatic heterocycles. The van der Waals surface area contributed by atoms with E-state index in [0.29, 0.717) is 29.4 Å². The molecule has 2 N–H and O–H groups in total. The van der Waals surface area contributed by atoms with Gasteiger partial charge in [0.2, 0.25) is 11.8 Å². The maximum atomic E-state index is 12.9. The Morgan fingerprint density at radius 2 is 2.12 bits per heavy atom. The van der Waals surface area contributed by atoms with Crippen LogP contribution in [0.1, 0.15) is 56.7 Å². The lowest BCUT2D eigenvalue weighted by molar-refractivity contribution is -0.154. The van der Waals surface area contributed by atoms with Gasteiger partial charge in [0.1, 0.15) is 6.04 Å². The number of carbonyl (C=O) groups excluding carboxylic acids is 2. The Bertz CT molecular complexity index is 990. The van der Waals surface area contributed by atoms with Crippen LogP contribution < -0.4 is 10.6 Å². The van der Waals surface area contributed by atoms with Gasteiger partial charge in [-0.1, -0.05) is 26.2 Å². The number of imidazole rings is 1. The average molecular weight is 451 g/mol. The largest absolute Gasteiger partial charge is 0.408 e. The van der Waals surface area contributed by atoms with E-state index in [0.717, 1.165) is 12.8 Å². The van der Waals surface area contributed by atoms with Crippen LogP contribution in [0.5, 0.6) is 0 Å². The van der Waals surface area contributed by atoms with Crippen LogP contribution in [0.2, 0.25) is 0 Å². The molecule has 0 spiro atoms. The molecule has 1 saturated carbocycles. The number of aromatic nitrogens is 3. The minimum atomic E-state index is -4.44. The molecule has 4 rings (SSSR count). The van der Waals surface area contributed by atoms with E-state index >= 15 is 0 Å². The van der Waals surface area contributed by atoms with E-state index in [2.05, 4.69) is 22.3 Å². The number of nitrogens with one attached hydrogen (secondary N) is 2. The van der Waals surface area contributed by atoms with Crippen molar-refractivity contribution in [3.63, 3.8) is 0 Å². The maximum absolute atomic E-state index is 12.9. The van der Waals surface area contributed by atoms with Crippen molar-refractivity contribution >= 4 is 17.5 Å². The summed E-state index contributed by atoms with van der Waals surface area (Å²) in [6.45, 7) is 2.46. The predicted octanol–water partition coefficient (Wildman–Crippen LogP) is 3.17. The molecule has 4 atom stereocenters. The second-order valence-electron chi connectivity index (χ2n) is 8.95. The fourth-order valence-corrected chi connectivity index (χ4v) is 4.43. The third-order valence-corrected chi connectivity index (χ3v) is 6.39. The summed E-state index contributed by atoms with van der Waals surface area (Å²) in [4.78, 5) is 28.7. The molecule has 174 valence electrons. The molecule has 2 aromatic rings. The standard InChI is InChI=1S/C22H28F3N5O2/c1-2-3-4-5-14-8-17(14)21(32)26-11-16-12-30-19(28-16)7-13(10-27-30)6-15-9-18(22(23,24)25)29-20(15)31/h7,10,12,14-15,17-18H,2-6,8-9,11H2,1H3,(H,26,32)(H,29,31). The maximum Gasteiger partial charge on any atom is 0.408 e. The number of nitrogens with zero attached hydrogens (tertiary/aromatic N) is 3. The normalized spacial score (nSPS) is 25.2. The molecule has 4 unspecified atom stereocenters. The molecule has 1 saturated heterocycles. The lowest BCUT2D eigenvalue weighted by Gasteiger charge is -2.13. The number of fused-ring (bicyclic) bond motifs is 1. The minimum absolute atomic E-state index is 0.0590. The highest BCUT2D eigenvalue weighted by Gasteiger charge is 2.47. The second kappa shape index (κ2) is 9.07. The van der Waals surface area contributed by atoms with Gasteiger partial charge in [0.15, 0.2) is 5.65 Å². The first kappa shape index (κ1) is 22.5. The molecule has 2 amide bonds. The molecule has 0 aromatic carbocycles. The van der Waals surface area contributed by atoms with E-state index in [1.54, 1.807) is 16.8 Å². The summed E-state index contributed by atoms with van der Waals surface area (Å²) >= 11 is 0. The van der Waals surface area contributed by atoms with Crippen molar-refractivity contribution in [1.82, 2.24) is 25.2 Å². The van der Waals surface area contributed by atoms with Crippen molar-refractivity contribution < 1.29 is 22.8 Å². The highest BCUT2D eigenvalue weighted by Crippen LogP contribution is 2.42. The lowest BCUT2D eigenvalue weighted by Crippen LogP contribution is -2.38. The van der Waals surface area contributed by atoms with Crippen molar-refractivity contribution in [2.45, 2.75) is 70.6 Å². The number of rotatable bonds is 9. The highest BCUT2D eigenvalue weighted by molar-refractivity contribution is 5.82. The molecule has 1 aliphatic heterocycles. The summed E-state index contributed by atoms with van der Waals surface area (Å²) in [5, 5.41) is 9.21. The van der Waals surface area contributed by atoms with Gasteiger partial charge in [-0.15, -0.1) is 0 Å². The van der Waals surface area contributed by atoms with Crippen molar-refractivity contribution in [1.29, 1.82) is 0 Å². The van der Waals surface area contributed by atoms with Crippen LogP contribution in [-0.2, 0) is 22.6 Å². The molecule has 32 heavy (non-hydrogen) atoms. The predicted molar refractivity (Wildman–Crippen MR) is 110 cm³/mol. The highest BCUT2D eigenvalue weighted by atomic mass is 19.4. The van der Waals surface area contributed by atoms with E-state index in [-0.39, 0.29) is 24.7 Å². The van der Waals surface area contributed by atoms with Gasteiger partial charge in [0, 0.05) is 11.8 Å². The van der Waals surface area contributed by atoms with Crippen LogP contribution in [0.15, 0.2) is 18.5 Å². The molecular formula is C22H28F3N5O2. The van der Waals surface area contributed by atoms with E-state index in [9.17, 15) is 22.8 Å². The number of halogens is 3. The van der Waals surface area contributed by atoms with Crippen molar-refractivity contribution in [3.05, 3.63) is 29.7 Å². The Hall–Kier alpha value is -2.65. The third kappa shape index (κ3) is 5.21. The van der Waals surface area contributed by atoms with Crippen LogP contribution in [0.3, 0.4) is 0 Å². The summed E-state index contributed by atoms with van der Waals surface area (Å²) in [6, 6.07) is -0.0759. The van der Waals surface area contributed by atoms with Gasteiger partial charge in [0.05, 0.1) is 24.6 Å². The summed E-state index contributed by atoms with van der Waals surface area (Å²) < 4.78 is 40.1. The zero-order valence-corrected chi connectivity index (χ0v) is 18.0. The topological polar surface area (TPSA) is 88.4 Å². The minimum Gasteiger partial charge on any atom is -0.350 e. The average Bonchev–Trinajstić information content (AvgIpc) is 3.24. The van der Waals surface area contributed by atoms with Gasteiger partial charge >= 0.3 is 6.18 Å². The number of amides is 2. The third-order valence-electron chi connectivity index (χ3n) is 6.39. The van der Waals surface area contributed by atoms with Gasteiger partial charge in [-0.3, -0.25) is 9.59 Å². The van der Waals surface area contributed by atoms with Gasteiger partial charge in [-0.2, -0.15) is 18.3 Å². The fraction of sp³-hybridized carbons (Fsp3) is 0.636. The van der Waals surface area contributed by atoms with Crippen LogP contribution in [0.4, 0.5) is 13.2 Å². The summed E-state index contributed by atoms with van der Waals surface area (Å²) in [7, 11) is 0. The van der Waals surface area contributed by atoms with Gasteiger partial charge in [0.25, 0.3) is 0 Å². The molecule has 3 heterocycles. The van der Waals surface area contributed by atoms with E-state index < -0.39 is 24.0 Å². The Balaban J connectivity index is 1.31. The zero-order chi connectivity index (χ0) is 22.9. The van der Waals surface area contributed by atoms with E-state index in [4.69, 9.17) is 0 Å². The number of alkyl halides is 3. The monoisotopic (exact) mass is 451 g/mol. The van der Waals surface area contributed by atoms with Crippen LogP contribution >= 0.6 is 0 Å². The first-order chi connectivity index (χ1) is 15.2. The Morgan fingerprint density at radius 1 is 1.31 bits per heavy atom. The molecule has 1 aliphatic carbocycles. The lowest BCUT2D eigenvalue weighted by atomic mass is 9.97. The quantitative estimate of drug-likeness (QED) is 0.574. The summed E-state index contributed by atoms with van der Waals surface area (Å²) in [5.74, 6) is -0.678. The zero-order valence-electron chi connectivity index (χ0n) is 18.0. The number of hydrogen-bond donors (Lipinski definition) is 2. The second-order valence-corrected chi connectivity index (χ2v) is 8.95. The van der Waals surface area contributed by atoms with E-state index in [1.165, 1.54) is 25.5 Å². The Morgan fingerprint density at radius 3 is 2.84 bits per heavy atom. The Labute approximate surface area is 184 Å². The molecule has 0 bridgehead atoms. The number of carbonyl (C=O) groups is 2. The number of unbranched alkanes of at least 4 members (excludes halogenated alkanes) is 2. The molecular weight excluding hydrogens is 423 g/mol. The van der Waals surface area contributed by atoms with Crippen molar-refractivity contribution in [2.75, 3.05) is 0 Å². The smallest absolute Gasteiger partial charge is 0.350 e. The fourth-order valence-electron chi connectivity index (χ4n) is 4.43. The SMILES string of the molecule is CCCCCC1CC1C(=O)NCc1cn2ncc(CC3CC(C(F)(F)F)NC3=O)cc2n1. The first-order valence-corrected chi connectivity index (χ1v) is 11.2. The van der Waals surface area contributed by atoms with Crippen LogP contribution in [0.25, 0.3) is 5.65 Å². The van der Waals surface area contributed by atoms with E-state index in [1.807, 2.05) is 5.32 Å². The van der Waals surface area contributed by atoms with Crippen molar-refractivity contribution in [3.8, 4) is 0 Å². The van der Waals surface area contributed by atoms with Crippen LogP contribution in [0, 0.1) is 17.8 Å². The molecule has 10 heteroatoms. The molecule has 2 aliphatic rings. The molecule has 2 fully saturated rings. The summed E-state index contributed by atoms with van der Waals surface area (Å²) in [6.07, 6.45) is 4.32. The summed E-state index contributed by atoms with van der Waals surface area (Å²) in [5.41, 5.74) is 1.83. The number of hydrogen-bond acceptors (Lipinski definition) is 4. The molecule has 7 nitrogen and oxygen atoms in total. The van der Waals surface area contributed by atoms with Gasteiger partial charge in [-0.05, 0) is 43.2 Å². The first-order valence-electron chi connectivity index (χ1n) is 11.2. The van der Waals surface area contributed by atoms with Gasteiger partial charge in [-0.25, -0.2) is 9.50 Å². The van der Waals surface area contributed by atoms with Crippen LogP contribution in [-0.4, -0.2) is 38.6 Å². The Kier molecular flexibility index (Phi) is 6.39. The van der Waals surface area contributed by atoms with Gasteiger partial charge < -0.3 is 10.6 Å². The molecule has 0 radical (unpaired) electrons. The van der Waals surface area contributed by atoms with Crippen molar-refractivity contribution in [2.24, 2.45) is 17.8 Å².